The molecule has 1 N–H and O–H groups in total. The maximum absolute atomic E-state index is 13.0. The lowest BCUT2D eigenvalue weighted by Gasteiger charge is -2.30. The van der Waals surface area contributed by atoms with Crippen LogP contribution in [0.25, 0.3) is 6.08 Å². The maximum Gasteiger partial charge on any atom is 0.265 e. The van der Waals surface area contributed by atoms with Crippen molar-refractivity contribution in [3.8, 4) is 11.5 Å². The summed E-state index contributed by atoms with van der Waals surface area (Å²) in [4.78, 5) is 26.6. The number of nitrogens with zero attached hydrogens (tertiary/aromatic N) is 1. The zero-order valence-corrected chi connectivity index (χ0v) is 19.5. The van der Waals surface area contributed by atoms with Crippen molar-refractivity contribution in [1.29, 1.82) is 0 Å². The second-order valence-electron chi connectivity index (χ2n) is 8.21. The summed E-state index contributed by atoms with van der Waals surface area (Å²) in [6, 6.07) is 18.9. The Labute approximate surface area is 204 Å². The smallest absolute Gasteiger partial charge is 0.265 e. The highest BCUT2D eigenvalue weighted by atomic mass is 19.1. The molecule has 1 aliphatic rings. The summed E-state index contributed by atoms with van der Waals surface area (Å²) < 4.78 is 24.4. The molecule has 3 aromatic carbocycles. The number of hydrogen-bond donors (Lipinski definition) is 1. The molecule has 6 nitrogen and oxygen atoms in total. The summed E-state index contributed by atoms with van der Waals surface area (Å²) in [6.45, 7) is 3.08. The van der Waals surface area contributed by atoms with Crippen LogP contribution in [0.5, 0.6) is 11.5 Å². The normalized spacial score (nSPS) is 12.9. The third kappa shape index (κ3) is 6.47. The number of benzene rings is 3. The molecular formula is C28H27FN2O4. The lowest BCUT2D eigenvalue weighted by atomic mass is 10.1. The number of halogens is 1. The summed E-state index contributed by atoms with van der Waals surface area (Å²) in [5.74, 6) is 0.671. The van der Waals surface area contributed by atoms with E-state index in [0.29, 0.717) is 35.8 Å². The van der Waals surface area contributed by atoms with E-state index >= 15 is 0 Å². The fourth-order valence-corrected chi connectivity index (χ4v) is 3.73. The molecule has 1 heterocycles. The van der Waals surface area contributed by atoms with Gasteiger partial charge in [0.25, 0.3) is 5.91 Å². The molecule has 1 aliphatic heterocycles. The van der Waals surface area contributed by atoms with Gasteiger partial charge in [-0.3, -0.25) is 9.59 Å². The van der Waals surface area contributed by atoms with Gasteiger partial charge in [-0.25, -0.2) is 4.39 Å². The molecule has 0 unspecified atom stereocenters. The SMILES string of the molecule is Cc1ccccc1OCCCCN1C(=O)COc2ccc(NC(=O)/C=C/c3ccc(F)cc3)cc21. The van der Waals surface area contributed by atoms with Crippen molar-refractivity contribution >= 4 is 29.3 Å². The molecule has 7 heteroatoms. The van der Waals surface area contributed by atoms with Crippen LogP contribution in [-0.4, -0.2) is 31.6 Å². The van der Waals surface area contributed by atoms with Gasteiger partial charge in [-0.05, 0) is 73.4 Å². The van der Waals surface area contributed by atoms with Gasteiger partial charge in [-0.2, -0.15) is 0 Å². The predicted molar refractivity (Wildman–Crippen MR) is 134 cm³/mol. The van der Waals surface area contributed by atoms with E-state index in [1.807, 2.05) is 31.2 Å². The number of para-hydroxylation sites is 1. The average Bonchev–Trinajstić information content (AvgIpc) is 2.86. The van der Waals surface area contributed by atoms with E-state index in [1.54, 1.807) is 41.3 Å². The van der Waals surface area contributed by atoms with Crippen molar-refractivity contribution in [2.45, 2.75) is 19.8 Å². The molecule has 35 heavy (non-hydrogen) atoms. The molecule has 2 amide bonds. The molecule has 0 radical (unpaired) electrons. The molecule has 4 rings (SSSR count). The number of anilines is 2. The van der Waals surface area contributed by atoms with Gasteiger partial charge in [0, 0.05) is 18.3 Å². The zero-order chi connectivity index (χ0) is 24.6. The van der Waals surface area contributed by atoms with Gasteiger partial charge in [0.1, 0.15) is 17.3 Å². The van der Waals surface area contributed by atoms with Crippen molar-refractivity contribution < 1.29 is 23.5 Å². The molecule has 0 saturated carbocycles. The van der Waals surface area contributed by atoms with E-state index in [1.165, 1.54) is 18.2 Å². The standard InChI is InChI=1S/C28H27FN2O4/c1-20-6-2-3-7-25(20)34-17-5-4-16-31-24-18-23(13-14-26(24)35-19-28(31)33)30-27(32)15-10-21-8-11-22(29)12-9-21/h2-3,6-15,18H,4-5,16-17,19H2,1H3,(H,30,32)/b15-10+. The summed E-state index contributed by atoms with van der Waals surface area (Å²) in [6.07, 6.45) is 4.53. The van der Waals surface area contributed by atoms with Crippen LogP contribution in [0.3, 0.4) is 0 Å². The highest BCUT2D eigenvalue weighted by molar-refractivity contribution is 6.03. The first-order valence-corrected chi connectivity index (χ1v) is 11.5. The number of fused-ring (bicyclic) bond motifs is 1. The fraction of sp³-hybridized carbons (Fsp3) is 0.214. The van der Waals surface area contributed by atoms with Crippen molar-refractivity contribution in [2.24, 2.45) is 0 Å². The quantitative estimate of drug-likeness (QED) is 0.334. The van der Waals surface area contributed by atoms with Gasteiger partial charge in [0.2, 0.25) is 5.91 Å². The van der Waals surface area contributed by atoms with Gasteiger partial charge >= 0.3 is 0 Å². The molecule has 180 valence electrons. The summed E-state index contributed by atoms with van der Waals surface area (Å²) >= 11 is 0. The highest BCUT2D eigenvalue weighted by Crippen LogP contribution is 2.34. The number of rotatable bonds is 9. The lowest BCUT2D eigenvalue weighted by molar-refractivity contribution is -0.121. The van der Waals surface area contributed by atoms with Gasteiger partial charge in [0.15, 0.2) is 6.61 Å². The second kappa shape index (κ2) is 11.3. The Hall–Kier alpha value is -4.13. The van der Waals surface area contributed by atoms with Crippen molar-refractivity contribution in [2.75, 3.05) is 30.0 Å². The first-order valence-electron chi connectivity index (χ1n) is 11.5. The molecule has 0 saturated heterocycles. The number of ether oxygens (including phenoxy) is 2. The third-order valence-electron chi connectivity index (χ3n) is 5.59. The summed E-state index contributed by atoms with van der Waals surface area (Å²) in [5, 5.41) is 2.80. The van der Waals surface area contributed by atoms with Crippen molar-refractivity contribution in [1.82, 2.24) is 0 Å². The van der Waals surface area contributed by atoms with E-state index in [9.17, 15) is 14.0 Å². The Morgan fingerprint density at radius 1 is 1.11 bits per heavy atom. The Balaban J connectivity index is 1.34. The van der Waals surface area contributed by atoms with E-state index < -0.39 is 0 Å². The van der Waals surface area contributed by atoms with Gasteiger partial charge in [-0.15, -0.1) is 0 Å². The molecule has 3 aromatic rings. The molecule has 0 bridgehead atoms. The maximum atomic E-state index is 13.0. The number of aryl methyl sites for hydroxylation is 1. The first-order chi connectivity index (χ1) is 17.0. The fourth-order valence-electron chi connectivity index (χ4n) is 3.73. The van der Waals surface area contributed by atoms with Crippen LogP contribution < -0.4 is 19.7 Å². The van der Waals surface area contributed by atoms with Crippen LogP contribution in [-0.2, 0) is 9.59 Å². The second-order valence-corrected chi connectivity index (χ2v) is 8.21. The van der Waals surface area contributed by atoms with Crippen molar-refractivity contribution in [3.05, 3.63) is 89.8 Å². The minimum atomic E-state index is -0.336. The number of nitrogens with one attached hydrogen (secondary N) is 1. The average molecular weight is 475 g/mol. The van der Waals surface area contributed by atoms with Gasteiger partial charge < -0.3 is 19.7 Å². The monoisotopic (exact) mass is 474 g/mol. The topological polar surface area (TPSA) is 67.9 Å². The number of carbonyl (C=O) groups excluding carboxylic acids is 2. The Kier molecular flexibility index (Phi) is 7.77. The Morgan fingerprint density at radius 2 is 1.91 bits per heavy atom. The minimum Gasteiger partial charge on any atom is -0.493 e. The number of amides is 2. The molecule has 0 spiro atoms. The molecular weight excluding hydrogens is 447 g/mol. The Morgan fingerprint density at radius 3 is 2.71 bits per heavy atom. The largest absolute Gasteiger partial charge is 0.493 e. The lowest BCUT2D eigenvalue weighted by Crippen LogP contribution is -2.39. The van der Waals surface area contributed by atoms with Crippen LogP contribution >= 0.6 is 0 Å². The van der Waals surface area contributed by atoms with E-state index in [0.717, 1.165) is 24.2 Å². The van der Waals surface area contributed by atoms with Crippen LogP contribution in [0.2, 0.25) is 0 Å². The summed E-state index contributed by atoms with van der Waals surface area (Å²) in [7, 11) is 0. The van der Waals surface area contributed by atoms with E-state index in [4.69, 9.17) is 9.47 Å². The molecule has 0 atom stereocenters. The van der Waals surface area contributed by atoms with Crippen LogP contribution in [0.4, 0.5) is 15.8 Å². The van der Waals surface area contributed by atoms with Gasteiger partial charge in [0.05, 0.1) is 12.3 Å². The van der Waals surface area contributed by atoms with E-state index in [2.05, 4.69) is 5.32 Å². The van der Waals surface area contributed by atoms with Crippen LogP contribution in [0.1, 0.15) is 24.0 Å². The van der Waals surface area contributed by atoms with Gasteiger partial charge in [-0.1, -0.05) is 30.3 Å². The predicted octanol–water partition coefficient (Wildman–Crippen LogP) is 5.37. The third-order valence-corrected chi connectivity index (χ3v) is 5.59. The molecule has 0 aromatic heterocycles. The number of unbranched alkanes of at least 4 members (excludes halogenated alkanes) is 1. The van der Waals surface area contributed by atoms with Crippen LogP contribution in [0, 0.1) is 12.7 Å². The molecule has 0 aliphatic carbocycles. The van der Waals surface area contributed by atoms with E-state index in [-0.39, 0.29) is 24.2 Å². The first kappa shape index (κ1) is 24.0. The zero-order valence-electron chi connectivity index (χ0n) is 19.5. The minimum absolute atomic E-state index is 0.0151. The Bertz CT molecular complexity index is 1220. The summed E-state index contributed by atoms with van der Waals surface area (Å²) in [5.41, 5.74) is 2.97. The number of carbonyl (C=O) groups is 2. The molecule has 0 fully saturated rings. The number of hydrogen-bond acceptors (Lipinski definition) is 4. The highest BCUT2D eigenvalue weighted by Gasteiger charge is 2.25. The van der Waals surface area contributed by atoms with Crippen molar-refractivity contribution in [3.63, 3.8) is 0 Å². The van der Waals surface area contributed by atoms with Crippen LogP contribution in [0.15, 0.2) is 72.8 Å².